The Labute approximate surface area is 110 Å². The van der Waals surface area contributed by atoms with Crippen molar-refractivity contribution in [2.75, 3.05) is 19.6 Å². The SMILES string of the molecule is Cc1nn(C)c(C)c1C1CCCN1CCN.Cl. The van der Waals surface area contributed by atoms with Crippen molar-refractivity contribution in [3.63, 3.8) is 0 Å². The quantitative estimate of drug-likeness (QED) is 0.895. The standard InChI is InChI=1S/C12H22N4.ClH/c1-9-12(10(2)15(3)14-9)11-5-4-7-16(11)8-6-13;/h11H,4-8,13H2,1-3H3;1H. The van der Waals surface area contributed by atoms with Gasteiger partial charge in [-0.1, -0.05) is 0 Å². The van der Waals surface area contributed by atoms with Gasteiger partial charge in [0, 0.05) is 37.4 Å². The summed E-state index contributed by atoms with van der Waals surface area (Å²) >= 11 is 0. The highest BCUT2D eigenvalue weighted by Gasteiger charge is 2.29. The van der Waals surface area contributed by atoms with Crippen LogP contribution < -0.4 is 5.73 Å². The van der Waals surface area contributed by atoms with E-state index in [9.17, 15) is 0 Å². The predicted octanol–water partition coefficient (Wildman–Crippen LogP) is 1.55. The third kappa shape index (κ3) is 2.64. The molecule has 0 aromatic carbocycles. The lowest BCUT2D eigenvalue weighted by Crippen LogP contribution is -2.29. The van der Waals surface area contributed by atoms with Crippen molar-refractivity contribution >= 4 is 12.4 Å². The molecule has 0 saturated carbocycles. The van der Waals surface area contributed by atoms with Gasteiger partial charge in [-0.2, -0.15) is 5.10 Å². The summed E-state index contributed by atoms with van der Waals surface area (Å²) in [5.74, 6) is 0. The molecule has 1 aliphatic heterocycles. The number of aromatic nitrogens is 2. The molecule has 2 heterocycles. The van der Waals surface area contributed by atoms with E-state index in [1.165, 1.54) is 36.3 Å². The molecule has 5 heteroatoms. The molecule has 1 atom stereocenters. The molecular formula is C12H23ClN4. The van der Waals surface area contributed by atoms with Crippen molar-refractivity contribution < 1.29 is 0 Å². The van der Waals surface area contributed by atoms with E-state index in [-0.39, 0.29) is 12.4 Å². The summed E-state index contributed by atoms with van der Waals surface area (Å²) in [7, 11) is 2.02. The minimum atomic E-state index is 0. The lowest BCUT2D eigenvalue weighted by atomic mass is 10.0. The highest BCUT2D eigenvalue weighted by atomic mass is 35.5. The smallest absolute Gasteiger partial charge is 0.0644 e. The van der Waals surface area contributed by atoms with Crippen LogP contribution in [0.5, 0.6) is 0 Å². The molecule has 0 radical (unpaired) electrons. The van der Waals surface area contributed by atoms with Gasteiger partial charge in [0.2, 0.25) is 0 Å². The van der Waals surface area contributed by atoms with Gasteiger partial charge in [-0.25, -0.2) is 0 Å². The minimum absolute atomic E-state index is 0. The van der Waals surface area contributed by atoms with Crippen LogP contribution in [0, 0.1) is 13.8 Å². The van der Waals surface area contributed by atoms with E-state index >= 15 is 0 Å². The second-order valence-corrected chi connectivity index (χ2v) is 4.69. The number of likely N-dealkylation sites (tertiary alicyclic amines) is 1. The molecule has 1 aromatic heterocycles. The number of halogens is 1. The first-order valence-electron chi connectivity index (χ1n) is 6.09. The maximum Gasteiger partial charge on any atom is 0.0644 e. The summed E-state index contributed by atoms with van der Waals surface area (Å²) in [5.41, 5.74) is 9.56. The fraction of sp³-hybridized carbons (Fsp3) is 0.750. The van der Waals surface area contributed by atoms with E-state index in [1.807, 2.05) is 11.7 Å². The molecule has 0 bridgehead atoms. The molecule has 1 fully saturated rings. The number of aryl methyl sites for hydroxylation is 2. The van der Waals surface area contributed by atoms with Crippen LogP contribution in [-0.2, 0) is 7.05 Å². The van der Waals surface area contributed by atoms with Crippen LogP contribution in [0.3, 0.4) is 0 Å². The molecule has 1 aromatic rings. The number of hydrogen-bond donors (Lipinski definition) is 1. The normalized spacial score (nSPS) is 20.6. The topological polar surface area (TPSA) is 47.1 Å². The van der Waals surface area contributed by atoms with E-state index in [1.54, 1.807) is 0 Å². The zero-order valence-electron chi connectivity index (χ0n) is 10.9. The van der Waals surface area contributed by atoms with Gasteiger partial charge in [0.25, 0.3) is 0 Å². The monoisotopic (exact) mass is 258 g/mol. The van der Waals surface area contributed by atoms with Gasteiger partial charge < -0.3 is 5.73 Å². The first-order valence-corrected chi connectivity index (χ1v) is 6.09. The maximum absolute atomic E-state index is 5.67. The number of nitrogens with zero attached hydrogens (tertiary/aromatic N) is 3. The summed E-state index contributed by atoms with van der Waals surface area (Å²) in [6, 6.07) is 0.539. The molecule has 0 spiro atoms. The molecule has 0 aliphatic carbocycles. The summed E-state index contributed by atoms with van der Waals surface area (Å²) in [6.07, 6.45) is 2.52. The third-order valence-electron chi connectivity index (χ3n) is 3.68. The minimum Gasteiger partial charge on any atom is -0.329 e. The highest BCUT2D eigenvalue weighted by Crippen LogP contribution is 2.34. The summed E-state index contributed by atoms with van der Waals surface area (Å²) in [5, 5.41) is 4.51. The van der Waals surface area contributed by atoms with Crippen molar-refractivity contribution in [2.24, 2.45) is 12.8 Å². The molecule has 17 heavy (non-hydrogen) atoms. The number of hydrogen-bond acceptors (Lipinski definition) is 3. The largest absolute Gasteiger partial charge is 0.329 e. The van der Waals surface area contributed by atoms with Gasteiger partial charge in [0.15, 0.2) is 0 Å². The van der Waals surface area contributed by atoms with Crippen molar-refractivity contribution in [3.05, 3.63) is 17.0 Å². The Balaban J connectivity index is 0.00000144. The molecule has 2 rings (SSSR count). The zero-order valence-corrected chi connectivity index (χ0v) is 11.8. The van der Waals surface area contributed by atoms with Crippen molar-refractivity contribution in [3.8, 4) is 0 Å². The molecule has 1 aliphatic rings. The van der Waals surface area contributed by atoms with Crippen LogP contribution in [0.4, 0.5) is 0 Å². The fourth-order valence-corrected chi connectivity index (χ4v) is 2.86. The van der Waals surface area contributed by atoms with Gasteiger partial charge in [0.05, 0.1) is 5.69 Å². The Morgan fingerprint density at radius 1 is 1.41 bits per heavy atom. The Hall–Kier alpha value is -0.580. The summed E-state index contributed by atoms with van der Waals surface area (Å²) in [4.78, 5) is 2.50. The first-order chi connectivity index (χ1) is 7.65. The van der Waals surface area contributed by atoms with Gasteiger partial charge in [0.1, 0.15) is 0 Å². The zero-order chi connectivity index (χ0) is 11.7. The van der Waals surface area contributed by atoms with Crippen molar-refractivity contribution in [1.82, 2.24) is 14.7 Å². The molecule has 1 saturated heterocycles. The molecule has 1 unspecified atom stereocenters. The lowest BCUT2D eigenvalue weighted by molar-refractivity contribution is 0.263. The Morgan fingerprint density at radius 2 is 2.12 bits per heavy atom. The lowest BCUT2D eigenvalue weighted by Gasteiger charge is -2.24. The Bertz CT molecular complexity index is 375. The molecule has 0 amide bonds. The van der Waals surface area contributed by atoms with Gasteiger partial charge >= 0.3 is 0 Å². The second kappa shape index (κ2) is 5.85. The first kappa shape index (κ1) is 14.5. The van der Waals surface area contributed by atoms with Crippen molar-refractivity contribution in [2.45, 2.75) is 32.7 Å². The van der Waals surface area contributed by atoms with E-state index in [0.29, 0.717) is 6.04 Å². The predicted molar refractivity (Wildman–Crippen MR) is 72.5 cm³/mol. The number of rotatable bonds is 3. The van der Waals surface area contributed by atoms with Crippen LogP contribution in [-0.4, -0.2) is 34.3 Å². The average molecular weight is 259 g/mol. The highest BCUT2D eigenvalue weighted by molar-refractivity contribution is 5.85. The average Bonchev–Trinajstić information content (AvgIpc) is 2.75. The van der Waals surface area contributed by atoms with E-state index in [2.05, 4.69) is 23.8 Å². The van der Waals surface area contributed by atoms with E-state index < -0.39 is 0 Å². The van der Waals surface area contributed by atoms with Crippen LogP contribution in [0.25, 0.3) is 0 Å². The third-order valence-corrected chi connectivity index (χ3v) is 3.68. The van der Waals surface area contributed by atoms with Gasteiger partial charge in [-0.05, 0) is 33.2 Å². The molecule has 2 N–H and O–H groups in total. The summed E-state index contributed by atoms with van der Waals surface area (Å²) in [6.45, 7) is 7.19. The van der Waals surface area contributed by atoms with E-state index in [0.717, 1.165) is 13.1 Å². The van der Waals surface area contributed by atoms with Crippen LogP contribution in [0.15, 0.2) is 0 Å². The van der Waals surface area contributed by atoms with Gasteiger partial charge in [-0.3, -0.25) is 9.58 Å². The van der Waals surface area contributed by atoms with Crippen molar-refractivity contribution in [1.29, 1.82) is 0 Å². The molecule has 98 valence electrons. The van der Waals surface area contributed by atoms with Gasteiger partial charge in [-0.15, -0.1) is 12.4 Å². The van der Waals surface area contributed by atoms with Crippen LogP contribution >= 0.6 is 12.4 Å². The molecular weight excluding hydrogens is 236 g/mol. The Morgan fingerprint density at radius 3 is 2.65 bits per heavy atom. The Kier molecular flexibility index (Phi) is 4.98. The maximum atomic E-state index is 5.67. The van der Waals surface area contributed by atoms with E-state index in [4.69, 9.17) is 5.73 Å². The number of nitrogens with two attached hydrogens (primary N) is 1. The molecule has 4 nitrogen and oxygen atoms in total. The second-order valence-electron chi connectivity index (χ2n) is 4.69. The fourth-order valence-electron chi connectivity index (χ4n) is 2.86. The summed E-state index contributed by atoms with van der Waals surface area (Å²) < 4.78 is 1.99. The van der Waals surface area contributed by atoms with Crippen LogP contribution in [0.2, 0.25) is 0 Å². The van der Waals surface area contributed by atoms with Crippen LogP contribution in [0.1, 0.15) is 35.8 Å².